The first-order chi connectivity index (χ1) is 21.7. The minimum absolute atomic E-state index is 0.0855. The Kier molecular flexibility index (Phi) is 11.4. The maximum atomic E-state index is 13.7. The number of carbonyl (C=O) groups is 1. The highest BCUT2D eigenvalue weighted by Crippen LogP contribution is 2.42. The van der Waals surface area contributed by atoms with E-state index in [4.69, 9.17) is 23.2 Å². The summed E-state index contributed by atoms with van der Waals surface area (Å²) in [6.07, 6.45) is -1.53. The number of Topliss-reactive ketones (excluding diaryl/α,β-unsaturated/α-hetero) is 1. The molecule has 4 nitrogen and oxygen atoms in total. The van der Waals surface area contributed by atoms with Gasteiger partial charge in [0.2, 0.25) is 0 Å². The lowest BCUT2D eigenvalue weighted by atomic mass is 9.70. The molecule has 0 bridgehead atoms. The number of halogens is 8. The lowest BCUT2D eigenvalue weighted by molar-refractivity contribution is -0.143. The van der Waals surface area contributed by atoms with Crippen LogP contribution in [0.2, 0.25) is 10.0 Å². The normalized spacial score (nSPS) is 24.6. The van der Waals surface area contributed by atoms with E-state index in [2.05, 4.69) is 15.1 Å². The van der Waals surface area contributed by atoms with Crippen LogP contribution in [0, 0.1) is 0 Å². The fraction of sp³-hybridized carbons (Fsp3) is 0.618. The number of nitrogens with zero attached hydrogens (tertiary/aromatic N) is 2. The minimum Gasteiger partial charge on any atom is -0.307 e. The van der Waals surface area contributed by atoms with Crippen LogP contribution in [-0.4, -0.2) is 66.9 Å². The molecule has 2 aromatic rings. The third kappa shape index (κ3) is 8.78. The van der Waals surface area contributed by atoms with Crippen molar-refractivity contribution in [2.45, 2.75) is 94.1 Å². The predicted molar refractivity (Wildman–Crippen MR) is 168 cm³/mol. The van der Waals surface area contributed by atoms with Crippen LogP contribution in [0.5, 0.6) is 0 Å². The molecule has 3 fully saturated rings. The topological polar surface area (TPSA) is 35.6 Å². The summed E-state index contributed by atoms with van der Waals surface area (Å²) in [6, 6.07) is 6.77. The molecule has 0 aromatic heterocycles. The van der Waals surface area contributed by atoms with Crippen molar-refractivity contribution in [3.63, 3.8) is 0 Å². The van der Waals surface area contributed by atoms with Crippen molar-refractivity contribution < 1.29 is 31.1 Å². The number of nitrogens with one attached hydrogen (secondary N) is 1. The average molecular weight is 693 g/mol. The highest BCUT2D eigenvalue weighted by Gasteiger charge is 2.41. The molecular weight excluding hydrogens is 651 g/mol. The molecule has 2 aromatic carbocycles. The van der Waals surface area contributed by atoms with E-state index in [1.54, 1.807) is 6.07 Å². The van der Waals surface area contributed by atoms with Gasteiger partial charge in [-0.05, 0) is 98.5 Å². The van der Waals surface area contributed by atoms with Crippen molar-refractivity contribution in [1.82, 2.24) is 15.1 Å². The van der Waals surface area contributed by atoms with Gasteiger partial charge < -0.3 is 10.2 Å². The fourth-order valence-corrected chi connectivity index (χ4v) is 7.87. The summed E-state index contributed by atoms with van der Waals surface area (Å²) >= 11 is 12.7. The zero-order valence-electron chi connectivity index (χ0n) is 25.8. The van der Waals surface area contributed by atoms with E-state index in [1.165, 1.54) is 32.1 Å². The molecule has 0 amide bonds. The minimum atomic E-state index is -4.98. The van der Waals surface area contributed by atoms with Gasteiger partial charge in [-0.25, -0.2) is 0 Å². The SMILES string of the molecule is O=C(Cc1cc(C(F)(F)F)cc(C(F)(F)F)c1)C1CC(CCN2CCN(C3CCCCC3)CC2)(c2ccc(Cl)c(Cl)c2)CCCN1. The summed E-state index contributed by atoms with van der Waals surface area (Å²) in [6.45, 7) is 5.23. The third-order valence-electron chi connectivity index (χ3n) is 10.2. The summed E-state index contributed by atoms with van der Waals surface area (Å²) in [5.74, 6) is -0.445. The Bertz CT molecular complexity index is 1320. The van der Waals surface area contributed by atoms with Gasteiger partial charge >= 0.3 is 12.4 Å². The van der Waals surface area contributed by atoms with Crippen LogP contribution in [0.3, 0.4) is 0 Å². The summed E-state index contributed by atoms with van der Waals surface area (Å²) in [5, 5.41) is 4.05. The monoisotopic (exact) mass is 691 g/mol. The van der Waals surface area contributed by atoms with Crippen LogP contribution in [0.4, 0.5) is 26.3 Å². The van der Waals surface area contributed by atoms with Crippen molar-refractivity contribution in [1.29, 1.82) is 0 Å². The summed E-state index contributed by atoms with van der Waals surface area (Å²) in [5.41, 5.74) is -2.72. The maximum Gasteiger partial charge on any atom is 0.416 e. The van der Waals surface area contributed by atoms with E-state index in [0.29, 0.717) is 41.2 Å². The zero-order valence-corrected chi connectivity index (χ0v) is 27.3. The summed E-state index contributed by atoms with van der Waals surface area (Å²) in [7, 11) is 0. The first-order valence-electron chi connectivity index (χ1n) is 16.2. The van der Waals surface area contributed by atoms with E-state index >= 15 is 0 Å². The Hall–Kier alpha value is -1.85. The molecule has 5 rings (SSSR count). The van der Waals surface area contributed by atoms with Gasteiger partial charge in [-0.1, -0.05) is 48.5 Å². The highest BCUT2D eigenvalue weighted by molar-refractivity contribution is 6.42. The predicted octanol–water partition coefficient (Wildman–Crippen LogP) is 8.56. The molecular formula is C34H41Cl2F6N3O. The Morgan fingerprint density at radius 2 is 1.50 bits per heavy atom. The lowest BCUT2D eigenvalue weighted by Crippen LogP contribution is -2.51. The van der Waals surface area contributed by atoms with Gasteiger partial charge in [-0.2, -0.15) is 26.3 Å². The Balaban J connectivity index is 1.35. The molecule has 2 aliphatic heterocycles. The number of hydrogen-bond acceptors (Lipinski definition) is 4. The lowest BCUT2D eigenvalue weighted by Gasteiger charge is -2.42. The third-order valence-corrected chi connectivity index (χ3v) is 10.9. The zero-order chi connectivity index (χ0) is 33.1. The van der Waals surface area contributed by atoms with Crippen molar-refractivity contribution >= 4 is 29.0 Å². The maximum absolute atomic E-state index is 13.7. The van der Waals surface area contributed by atoms with Gasteiger partial charge in [0, 0.05) is 38.6 Å². The summed E-state index contributed by atoms with van der Waals surface area (Å²) < 4.78 is 81.0. The van der Waals surface area contributed by atoms with Gasteiger partial charge in [-0.15, -0.1) is 0 Å². The molecule has 3 aliphatic rings. The molecule has 1 aliphatic carbocycles. The number of alkyl halides is 6. The molecule has 0 radical (unpaired) electrons. The number of piperazine rings is 1. The number of rotatable bonds is 8. The van der Waals surface area contributed by atoms with Crippen molar-refractivity contribution in [2.24, 2.45) is 0 Å². The van der Waals surface area contributed by atoms with E-state index in [0.717, 1.165) is 57.5 Å². The molecule has 2 saturated heterocycles. The van der Waals surface area contributed by atoms with E-state index in [1.807, 2.05) is 12.1 Å². The average Bonchev–Trinajstić information content (AvgIpc) is 3.25. The molecule has 2 heterocycles. The van der Waals surface area contributed by atoms with Crippen LogP contribution in [0.15, 0.2) is 36.4 Å². The Morgan fingerprint density at radius 1 is 0.848 bits per heavy atom. The number of carbonyl (C=O) groups excluding carboxylic acids is 1. The Morgan fingerprint density at radius 3 is 2.11 bits per heavy atom. The van der Waals surface area contributed by atoms with Crippen LogP contribution >= 0.6 is 23.2 Å². The first kappa shape index (κ1) is 35.5. The van der Waals surface area contributed by atoms with Crippen molar-refractivity contribution in [2.75, 3.05) is 39.3 Å². The molecule has 2 atom stereocenters. The van der Waals surface area contributed by atoms with Gasteiger partial charge in [0.15, 0.2) is 5.78 Å². The fourth-order valence-electron chi connectivity index (χ4n) is 7.57. The van der Waals surface area contributed by atoms with Gasteiger partial charge in [-0.3, -0.25) is 9.69 Å². The Labute approximate surface area is 276 Å². The van der Waals surface area contributed by atoms with Crippen molar-refractivity contribution in [3.05, 3.63) is 68.7 Å². The highest BCUT2D eigenvalue weighted by atomic mass is 35.5. The van der Waals surface area contributed by atoms with Crippen LogP contribution in [0.1, 0.15) is 80.0 Å². The molecule has 46 heavy (non-hydrogen) atoms. The largest absolute Gasteiger partial charge is 0.416 e. The van der Waals surface area contributed by atoms with Crippen LogP contribution in [-0.2, 0) is 29.0 Å². The number of hydrogen-bond donors (Lipinski definition) is 1. The second-order valence-electron chi connectivity index (χ2n) is 13.2. The smallest absolute Gasteiger partial charge is 0.307 e. The number of ketones is 1. The molecule has 1 saturated carbocycles. The summed E-state index contributed by atoms with van der Waals surface area (Å²) in [4.78, 5) is 18.8. The van der Waals surface area contributed by atoms with Gasteiger partial charge in [0.05, 0.1) is 27.2 Å². The second kappa shape index (κ2) is 14.7. The standard InChI is InChI=1S/C34H41Cl2F6N3O/c35-28-8-7-24(21-29(28)36)32(10-12-44-13-15-45(16-14-44)27-5-2-1-3-6-27)9-4-11-43-30(22-32)31(46)19-23-17-25(33(37,38)39)20-26(18-23)34(40,41)42/h7-8,17-18,20-21,27,30,43H,1-6,9-16,19,22H2. The molecule has 254 valence electrons. The molecule has 0 spiro atoms. The second-order valence-corrected chi connectivity index (χ2v) is 14.0. The molecule has 2 unspecified atom stereocenters. The quantitative estimate of drug-likeness (QED) is 0.282. The van der Waals surface area contributed by atoms with E-state index in [9.17, 15) is 31.1 Å². The number of benzene rings is 2. The molecule has 1 N–H and O–H groups in total. The van der Waals surface area contributed by atoms with Crippen LogP contribution in [0.25, 0.3) is 0 Å². The molecule has 12 heteroatoms. The first-order valence-corrected chi connectivity index (χ1v) is 17.0. The van der Waals surface area contributed by atoms with Crippen molar-refractivity contribution in [3.8, 4) is 0 Å². The van der Waals surface area contributed by atoms with E-state index < -0.39 is 47.1 Å². The van der Waals surface area contributed by atoms with Crippen LogP contribution < -0.4 is 5.32 Å². The van der Waals surface area contributed by atoms with Gasteiger partial charge in [0.25, 0.3) is 0 Å². The van der Waals surface area contributed by atoms with Gasteiger partial charge in [0.1, 0.15) is 0 Å². The van der Waals surface area contributed by atoms with E-state index in [-0.39, 0.29) is 11.6 Å².